The van der Waals surface area contributed by atoms with Gasteiger partial charge in [0.25, 0.3) is 0 Å². The maximum Gasteiger partial charge on any atom is 0.227 e. The predicted octanol–water partition coefficient (Wildman–Crippen LogP) is 2.23. The number of aromatic nitrogens is 3. The van der Waals surface area contributed by atoms with E-state index in [-0.39, 0.29) is 11.8 Å². The summed E-state index contributed by atoms with van der Waals surface area (Å²) in [6.07, 6.45) is 3.06. The van der Waals surface area contributed by atoms with E-state index in [0.717, 1.165) is 5.56 Å². The summed E-state index contributed by atoms with van der Waals surface area (Å²) >= 11 is 6.02. The molecule has 7 heteroatoms. The molecule has 1 unspecified atom stereocenters. The van der Waals surface area contributed by atoms with Crippen LogP contribution >= 0.6 is 11.6 Å². The third-order valence-corrected chi connectivity index (χ3v) is 3.61. The highest BCUT2D eigenvalue weighted by atomic mass is 35.5. The van der Waals surface area contributed by atoms with E-state index in [1.165, 1.54) is 6.33 Å². The van der Waals surface area contributed by atoms with Crippen LogP contribution in [0.15, 0.2) is 30.9 Å². The minimum atomic E-state index is -0.197. The summed E-state index contributed by atoms with van der Waals surface area (Å²) in [5.74, 6) is 0.544. The van der Waals surface area contributed by atoms with E-state index in [4.69, 9.17) is 16.3 Å². The number of rotatable bonds is 6. The molecule has 2 aromatic rings. The quantitative estimate of drug-likeness (QED) is 0.818. The number of amides is 1. The van der Waals surface area contributed by atoms with Gasteiger partial charge in [-0.1, -0.05) is 18.5 Å². The first kappa shape index (κ1) is 16.3. The molecule has 0 aliphatic heterocycles. The molecule has 0 aliphatic rings. The monoisotopic (exact) mass is 322 g/mol. The largest absolute Gasteiger partial charge is 0.496 e. The zero-order chi connectivity index (χ0) is 16.1. The van der Waals surface area contributed by atoms with E-state index in [9.17, 15) is 4.79 Å². The van der Waals surface area contributed by atoms with Crippen LogP contribution in [-0.2, 0) is 17.9 Å². The average molecular weight is 323 g/mol. The van der Waals surface area contributed by atoms with Crippen molar-refractivity contribution in [1.29, 1.82) is 0 Å². The van der Waals surface area contributed by atoms with E-state index in [1.807, 2.05) is 13.0 Å². The zero-order valence-corrected chi connectivity index (χ0v) is 13.6. The van der Waals surface area contributed by atoms with Crippen LogP contribution in [0.3, 0.4) is 0 Å². The van der Waals surface area contributed by atoms with E-state index in [1.54, 1.807) is 42.2 Å². The van der Waals surface area contributed by atoms with Gasteiger partial charge < -0.3 is 9.64 Å². The van der Waals surface area contributed by atoms with Crippen LogP contribution in [0.2, 0.25) is 5.02 Å². The Labute approximate surface area is 134 Å². The molecule has 0 radical (unpaired) electrons. The van der Waals surface area contributed by atoms with E-state index in [0.29, 0.717) is 23.9 Å². The fourth-order valence-corrected chi connectivity index (χ4v) is 2.46. The maximum atomic E-state index is 12.4. The molecule has 0 aliphatic carbocycles. The number of ether oxygens (including phenoxy) is 1. The Kier molecular flexibility index (Phi) is 5.38. The molecule has 118 valence electrons. The van der Waals surface area contributed by atoms with Crippen molar-refractivity contribution in [3.8, 4) is 5.75 Å². The minimum absolute atomic E-state index is 0.0255. The number of carbonyl (C=O) groups excluding carboxylic acids is 1. The second-order valence-electron chi connectivity index (χ2n) is 5.17. The smallest absolute Gasteiger partial charge is 0.227 e. The number of benzene rings is 1. The number of nitrogens with zero attached hydrogens (tertiary/aromatic N) is 4. The van der Waals surface area contributed by atoms with Crippen LogP contribution in [-0.4, -0.2) is 39.7 Å². The lowest BCUT2D eigenvalue weighted by molar-refractivity contribution is -0.134. The van der Waals surface area contributed by atoms with Crippen molar-refractivity contribution < 1.29 is 9.53 Å². The number of hydrogen-bond acceptors (Lipinski definition) is 4. The van der Waals surface area contributed by atoms with Crippen molar-refractivity contribution in [3.05, 3.63) is 41.4 Å². The van der Waals surface area contributed by atoms with Crippen LogP contribution in [0.1, 0.15) is 12.5 Å². The van der Waals surface area contributed by atoms with Gasteiger partial charge in [0.05, 0.1) is 19.6 Å². The van der Waals surface area contributed by atoms with Crippen LogP contribution in [0.25, 0.3) is 0 Å². The van der Waals surface area contributed by atoms with Crippen LogP contribution in [0.5, 0.6) is 5.75 Å². The Morgan fingerprint density at radius 2 is 2.27 bits per heavy atom. The Morgan fingerprint density at radius 3 is 2.91 bits per heavy atom. The highest BCUT2D eigenvalue weighted by Crippen LogP contribution is 2.24. The lowest BCUT2D eigenvalue weighted by Gasteiger charge is -2.22. The number of hydrogen-bond donors (Lipinski definition) is 0. The van der Waals surface area contributed by atoms with Crippen LogP contribution in [0.4, 0.5) is 0 Å². The van der Waals surface area contributed by atoms with Gasteiger partial charge >= 0.3 is 0 Å². The second-order valence-corrected chi connectivity index (χ2v) is 5.61. The molecular formula is C15H19ClN4O2. The number of carbonyl (C=O) groups is 1. The van der Waals surface area contributed by atoms with Gasteiger partial charge in [0.15, 0.2) is 0 Å². The lowest BCUT2D eigenvalue weighted by Crippen LogP contribution is -2.33. The average Bonchev–Trinajstić information content (AvgIpc) is 2.99. The summed E-state index contributed by atoms with van der Waals surface area (Å²) < 4.78 is 6.96. The molecule has 1 aromatic heterocycles. The van der Waals surface area contributed by atoms with Gasteiger partial charge in [-0.05, 0) is 18.2 Å². The highest BCUT2D eigenvalue weighted by molar-refractivity contribution is 6.30. The van der Waals surface area contributed by atoms with Crippen LogP contribution < -0.4 is 4.74 Å². The third kappa shape index (κ3) is 3.98. The zero-order valence-electron chi connectivity index (χ0n) is 12.9. The molecule has 0 saturated carbocycles. The van der Waals surface area contributed by atoms with Gasteiger partial charge in [0.2, 0.25) is 5.91 Å². The van der Waals surface area contributed by atoms with Crippen LogP contribution in [0, 0.1) is 5.92 Å². The van der Waals surface area contributed by atoms with Crippen molar-refractivity contribution in [3.63, 3.8) is 0 Å². The summed E-state index contributed by atoms with van der Waals surface area (Å²) in [6, 6.07) is 5.38. The topological polar surface area (TPSA) is 60.2 Å². The molecular weight excluding hydrogens is 304 g/mol. The lowest BCUT2D eigenvalue weighted by atomic mass is 10.1. The third-order valence-electron chi connectivity index (χ3n) is 3.38. The minimum Gasteiger partial charge on any atom is -0.496 e. The fourth-order valence-electron chi connectivity index (χ4n) is 2.27. The van der Waals surface area contributed by atoms with Gasteiger partial charge in [-0.3, -0.25) is 9.48 Å². The molecule has 0 bridgehead atoms. The SMILES string of the molecule is COc1ccc(Cl)cc1CN(C)C(=O)C(C)Cn1cncn1. The normalized spacial score (nSPS) is 12.0. The Balaban J connectivity index is 2.03. The molecule has 0 N–H and O–H groups in total. The molecule has 1 atom stereocenters. The molecule has 1 aromatic carbocycles. The molecule has 22 heavy (non-hydrogen) atoms. The fraction of sp³-hybridized carbons (Fsp3) is 0.400. The highest BCUT2D eigenvalue weighted by Gasteiger charge is 2.19. The van der Waals surface area contributed by atoms with Gasteiger partial charge in [-0.2, -0.15) is 5.10 Å². The first-order valence-corrected chi connectivity index (χ1v) is 7.29. The number of methoxy groups -OCH3 is 1. The molecule has 6 nitrogen and oxygen atoms in total. The standard InChI is InChI=1S/C15H19ClN4O2/c1-11(7-20-10-17-9-18-20)15(21)19(2)8-12-6-13(16)4-5-14(12)22-3/h4-6,9-11H,7-8H2,1-3H3. The summed E-state index contributed by atoms with van der Waals surface area (Å²) in [5, 5.41) is 4.64. The van der Waals surface area contributed by atoms with Crippen molar-refractivity contribution in [1.82, 2.24) is 19.7 Å². The molecule has 0 saturated heterocycles. The summed E-state index contributed by atoms with van der Waals surface area (Å²) in [4.78, 5) is 18.0. The molecule has 1 heterocycles. The molecule has 1 amide bonds. The van der Waals surface area contributed by atoms with Gasteiger partial charge in [0.1, 0.15) is 18.4 Å². The first-order valence-electron chi connectivity index (χ1n) is 6.91. The number of halogens is 1. The van der Waals surface area contributed by atoms with Gasteiger partial charge in [-0.15, -0.1) is 0 Å². The first-order chi connectivity index (χ1) is 10.5. The second kappa shape index (κ2) is 7.26. The molecule has 2 rings (SSSR count). The molecule has 0 fully saturated rings. The van der Waals surface area contributed by atoms with E-state index < -0.39 is 0 Å². The van der Waals surface area contributed by atoms with Gasteiger partial charge in [-0.25, -0.2) is 4.98 Å². The van der Waals surface area contributed by atoms with E-state index in [2.05, 4.69) is 10.1 Å². The van der Waals surface area contributed by atoms with E-state index >= 15 is 0 Å². The van der Waals surface area contributed by atoms with Crippen molar-refractivity contribution >= 4 is 17.5 Å². The maximum absolute atomic E-state index is 12.4. The van der Waals surface area contributed by atoms with Crippen molar-refractivity contribution in [2.45, 2.75) is 20.0 Å². The Hall–Kier alpha value is -2.08. The Morgan fingerprint density at radius 1 is 1.50 bits per heavy atom. The molecule has 0 spiro atoms. The van der Waals surface area contributed by atoms with Gasteiger partial charge in [0, 0.05) is 24.2 Å². The summed E-state index contributed by atoms with van der Waals surface area (Å²) in [5.41, 5.74) is 0.874. The Bertz CT molecular complexity index is 630. The van der Waals surface area contributed by atoms with Crippen molar-refractivity contribution in [2.75, 3.05) is 14.2 Å². The predicted molar refractivity (Wildman–Crippen MR) is 83.7 cm³/mol. The summed E-state index contributed by atoms with van der Waals surface area (Å²) in [6.45, 7) is 2.80. The van der Waals surface area contributed by atoms with Crippen molar-refractivity contribution in [2.24, 2.45) is 5.92 Å². The summed E-state index contributed by atoms with van der Waals surface area (Å²) in [7, 11) is 3.36.